The molecule has 0 unspecified atom stereocenters. The highest BCUT2D eigenvalue weighted by Gasteiger charge is 2.13. The first-order chi connectivity index (χ1) is 11.7. The van der Waals surface area contributed by atoms with Crippen LogP contribution in [0.1, 0.15) is 35.3 Å². The van der Waals surface area contributed by atoms with Gasteiger partial charge in [0.1, 0.15) is 11.4 Å². The van der Waals surface area contributed by atoms with E-state index in [1.165, 1.54) is 5.56 Å². The van der Waals surface area contributed by atoms with E-state index < -0.39 is 0 Å². The highest BCUT2D eigenvalue weighted by Crippen LogP contribution is 2.22. The normalized spacial score (nSPS) is 12.1. The first kappa shape index (κ1) is 16.1. The molecule has 1 amide bonds. The van der Waals surface area contributed by atoms with Crippen molar-refractivity contribution in [3.63, 3.8) is 0 Å². The number of amides is 1. The van der Waals surface area contributed by atoms with Gasteiger partial charge in [-0.05, 0) is 30.2 Å². The number of aromatic nitrogens is 1. The largest absolute Gasteiger partial charge is 0.497 e. The van der Waals surface area contributed by atoms with Crippen molar-refractivity contribution in [3.8, 4) is 5.75 Å². The van der Waals surface area contributed by atoms with Gasteiger partial charge in [0.15, 0.2) is 0 Å². The summed E-state index contributed by atoms with van der Waals surface area (Å²) >= 11 is 0. The number of carbonyl (C=O) groups excluding carboxylic acids is 1. The number of benzene rings is 2. The lowest BCUT2D eigenvalue weighted by Crippen LogP contribution is -2.28. The number of aromatic amines is 1. The summed E-state index contributed by atoms with van der Waals surface area (Å²) in [7, 11) is 1.63. The maximum Gasteiger partial charge on any atom is 0.267 e. The molecule has 3 aromatic rings. The second-order valence-electron chi connectivity index (χ2n) is 5.86. The van der Waals surface area contributed by atoms with E-state index in [1.54, 1.807) is 7.11 Å². The lowest BCUT2D eigenvalue weighted by Gasteiger charge is -2.15. The molecular formula is C20H22N2O2. The maximum absolute atomic E-state index is 12.4. The molecule has 1 heterocycles. The van der Waals surface area contributed by atoms with Crippen LogP contribution in [0.25, 0.3) is 10.9 Å². The van der Waals surface area contributed by atoms with E-state index in [2.05, 4.69) is 29.4 Å². The maximum atomic E-state index is 12.4. The van der Waals surface area contributed by atoms with Crippen molar-refractivity contribution in [2.45, 2.75) is 19.3 Å². The summed E-state index contributed by atoms with van der Waals surface area (Å²) in [6.07, 6.45) is 0.980. The van der Waals surface area contributed by atoms with E-state index in [-0.39, 0.29) is 5.91 Å². The standard InChI is InChI=1S/C20H22N2O2/c1-3-14(15-7-5-4-6-8-15)13-21-20(23)19-11-16-9-10-17(24-2)12-18(16)22-19/h4-12,14,22H,3,13H2,1-2H3,(H,21,23)/t14-/m0/s1. The smallest absolute Gasteiger partial charge is 0.267 e. The van der Waals surface area contributed by atoms with Crippen LogP contribution >= 0.6 is 0 Å². The number of hydrogen-bond acceptors (Lipinski definition) is 2. The summed E-state index contributed by atoms with van der Waals surface area (Å²) < 4.78 is 5.21. The number of nitrogens with one attached hydrogen (secondary N) is 2. The number of hydrogen-bond donors (Lipinski definition) is 2. The summed E-state index contributed by atoms with van der Waals surface area (Å²) in [6.45, 7) is 2.76. The lowest BCUT2D eigenvalue weighted by molar-refractivity contribution is 0.0946. The molecule has 0 fully saturated rings. The molecule has 0 aliphatic heterocycles. The van der Waals surface area contributed by atoms with Crippen molar-refractivity contribution >= 4 is 16.8 Å². The number of H-pyrrole nitrogens is 1. The van der Waals surface area contributed by atoms with Crippen molar-refractivity contribution in [2.24, 2.45) is 0 Å². The van der Waals surface area contributed by atoms with E-state index >= 15 is 0 Å². The SMILES string of the molecule is CC[C@@H](CNC(=O)c1cc2ccc(OC)cc2[nH]1)c1ccccc1. The minimum absolute atomic E-state index is 0.0838. The third-order valence-electron chi connectivity index (χ3n) is 4.35. The van der Waals surface area contributed by atoms with Gasteiger partial charge < -0.3 is 15.0 Å². The van der Waals surface area contributed by atoms with Gasteiger partial charge in [-0.25, -0.2) is 0 Å². The van der Waals surface area contributed by atoms with E-state index in [0.717, 1.165) is 23.1 Å². The first-order valence-electron chi connectivity index (χ1n) is 8.21. The molecule has 0 aliphatic carbocycles. The Morgan fingerprint density at radius 3 is 2.67 bits per heavy atom. The number of ether oxygens (including phenoxy) is 1. The summed E-state index contributed by atoms with van der Waals surface area (Å²) in [5.41, 5.74) is 2.72. The zero-order chi connectivity index (χ0) is 16.9. The predicted molar refractivity (Wildman–Crippen MR) is 96.7 cm³/mol. The van der Waals surface area contributed by atoms with Crippen molar-refractivity contribution in [1.29, 1.82) is 0 Å². The summed E-state index contributed by atoms with van der Waals surface area (Å²) in [6, 6.07) is 17.9. The van der Waals surface area contributed by atoms with E-state index in [1.807, 2.05) is 42.5 Å². The molecule has 0 saturated heterocycles. The van der Waals surface area contributed by atoms with E-state index in [9.17, 15) is 4.79 Å². The van der Waals surface area contributed by atoms with Gasteiger partial charge in [0.25, 0.3) is 5.91 Å². The molecule has 4 heteroatoms. The van der Waals surface area contributed by atoms with Crippen molar-refractivity contribution < 1.29 is 9.53 Å². The predicted octanol–water partition coefficient (Wildman–Crippen LogP) is 4.10. The quantitative estimate of drug-likeness (QED) is 0.718. The molecule has 124 valence electrons. The van der Waals surface area contributed by atoms with E-state index in [0.29, 0.717) is 18.2 Å². The Bertz CT molecular complexity index is 824. The van der Waals surface area contributed by atoms with Gasteiger partial charge in [0.05, 0.1) is 7.11 Å². The first-order valence-corrected chi connectivity index (χ1v) is 8.21. The molecule has 1 aromatic heterocycles. The molecule has 2 N–H and O–H groups in total. The molecule has 24 heavy (non-hydrogen) atoms. The van der Waals surface area contributed by atoms with Gasteiger partial charge in [-0.1, -0.05) is 37.3 Å². The molecule has 1 atom stereocenters. The van der Waals surface area contributed by atoms with Gasteiger partial charge >= 0.3 is 0 Å². The van der Waals surface area contributed by atoms with Crippen LogP contribution in [0.2, 0.25) is 0 Å². The Labute approximate surface area is 141 Å². The van der Waals surface area contributed by atoms with Gasteiger partial charge in [0.2, 0.25) is 0 Å². The van der Waals surface area contributed by atoms with Gasteiger partial charge in [0, 0.05) is 29.4 Å². The molecular weight excluding hydrogens is 300 g/mol. The summed E-state index contributed by atoms with van der Waals surface area (Å²) in [5, 5.41) is 4.03. The highest BCUT2D eigenvalue weighted by molar-refractivity contribution is 5.98. The Kier molecular flexibility index (Phi) is 4.85. The van der Waals surface area contributed by atoms with Crippen LogP contribution in [0.4, 0.5) is 0 Å². The Morgan fingerprint density at radius 1 is 1.17 bits per heavy atom. The minimum Gasteiger partial charge on any atom is -0.497 e. The molecule has 4 nitrogen and oxygen atoms in total. The number of fused-ring (bicyclic) bond motifs is 1. The third-order valence-corrected chi connectivity index (χ3v) is 4.35. The van der Waals surface area contributed by atoms with Crippen LogP contribution in [-0.2, 0) is 0 Å². The van der Waals surface area contributed by atoms with Gasteiger partial charge in [-0.3, -0.25) is 4.79 Å². The van der Waals surface area contributed by atoms with Crippen LogP contribution < -0.4 is 10.1 Å². The number of rotatable bonds is 6. The van der Waals surface area contributed by atoms with Crippen LogP contribution in [0.5, 0.6) is 5.75 Å². The van der Waals surface area contributed by atoms with E-state index in [4.69, 9.17) is 4.74 Å². The fourth-order valence-electron chi connectivity index (χ4n) is 2.89. The fourth-order valence-corrected chi connectivity index (χ4v) is 2.89. The molecule has 0 radical (unpaired) electrons. The van der Waals surface area contributed by atoms with Crippen molar-refractivity contribution in [3.05, 3.63) is 65.9 Å². The topological polar surface area (TPSA) is 54.1 Å². The van der Waals surface area contributed by atoms with Crippen molar-refractivity contribution in [1.82, 2.24) is 10.3 Å². The summed E-state index contributed by atoms with van der Waals surface area (Å²) in [4.78, 5) is 15.6. The second kappa shape index (κ2) is 7.21. The lowest BCUT2D eigenvalue weighted by atomic mass is 9.96. The summed E-state index contributed by atoms with van der Waals surface area (Å²) in [5.74, 6) is 1.01. The molecule has 0 saturated carbocycles. The highest BCUT2D eigenvalue weighted by atomic mass is 16.5. The molecule has 2 aromatic carbocycles. The van der Waals surface area contributed by atoms with Gasteiger partial charge in [-0.15, -0.1) is 0 Å². The average Bonchev–Trinajstić information content (AvgIpc) is 3.06. The third kappa shape index (κ3) is 3.43. The average molecular weight is 322 g/mol. The Morgan fingerprint density at radius 2 is 1.96 bits per heavy atom. The fraction of sp³-hybridized carbons (Fsp3) is 0.250. The monoisotopic (exact) mass is 322 g/mol. The molecule has 0 bridgehead atoms. The molecule has 0 aliphatic rings. The molecule has 0 spiro atoms. The Hall–Kier alpha value is -2.75. The van der Waals surface area contributed by atoms with Crippen molar-refractivity contribution in [2.75, 3.05) is 13.7 Å². The zero-order valence-corrected chi connectivity index (χ0v) is 14.0. The minimum atomic E-state index is -0.0838. The van der Waals surface area contributed by atoms with Crippen LogP contribution in [0.15, 0.2) is 54.6 Å². The van der Waals surface area contributed by atoms with Crippen LogP contribution in [-0.4, -0.2) is 24.5 Å². The van der Waals surface area contributed by atoms with Crippen LogP contribution in [0.3, 0.4) is 0 Å². The second-order valence-corrected chi connectivity index (χ2v) is 5.86. The Balaban J connectivity index is 1.70. The number of carbonyl (C=O) groups is 1. The zero-order valence-electron chi connectivity index (χ0n) is 14.0. The van der Waals surface area contributed by atoms with Crippen LogP contribution in [0, 0.1) is 0 Å². The van der Waals surface area contributed by atoms with Gasteiger partial charge in [-0.2, -0.15) is 0 Å². The number of methoxy groups -OCH3 is 1. The molecule has 3 rings (SSSR count).